The van der Waals surface area contributed by atoms with Crippen molar-refractivity contribution in [1.29, 1.82) is 0 Å². The summed E-state index contributed by atoms with van der Waals surface area (Å²) in [4.78, 5) is 0. The molecule has 0 aromatic rings. The van der Waals surface area contributed by atoms with E-state index in [0.717, 1.165) is 32.2 Å². The molecule has 0 fully saturated rings. The van der Waals surface area contributed by atoms with Crippen LogP contribution in [0, 0.1) is 0 Å². The number of sulfone groups is 1. The molecule has 0 saturated carbocycles. The predicted octanol–water partition coefficient (Wildman–Crippen LogP) is 1.98. The van der Waals surface area contributed by atoms with E-state index in [1.165, 1.54) is 0 Å². The van der Waals surface area contributed by atoms with Crippen LogP contribution in [0.1, 0.15) is 46.5 Å². The summed E-state index contributed by atoms with van der Waals surface area (Å²) in [6.07, 6.45) is 4.05. The third-order valence-electron chi connectivity index (χ3n) is 2.58. The van der Waals surface area contributed by atoms with E-state index in [9.17, 15) is 8.42 Å². The van der Waals surface area contributed by atoms with Gasteiger partial charge in [0.25, 0.3) is 0 Å². The van der Waals surface area contributed by atoms with Gasteiger partial charge in [-0.3, -0.25) is 0 Å². The Morgan fingerprint density at radius 2 is 1.80 bits per heavy atom. The molecule has 1 N–H and O–H groups in total. The second kappa shape index (κ2) is 8.11. The van der Waals surface area contributed by atoms with Crippen molar-refractivity contribution < 1.29 is 8.42 Å². The molecule has 4 heteroatoms. The smallest absolute Gasteiger partial charge is 0.150 e. The van der Waals surface area contributed by atoms with Gasteiger partial charge in [-0.05, 0) is 25.8 Å². The number of hydrogen-bond donors (Lipinski definition) is 1. The van der Waals surface area contributed by atoms with Crippen LogP contribution in [0.3, 0.4) is 0 Å². The topological polar surface area (TPSA) is 46.2 Å². The minimum Gasteiger partial charge on any atom is -0.314 e. The lowest BCUT2D eigenvalue weighted by Gasteiger charge is -2.16. The van der Waals surface area contributed by atoms with Crippen LogP contribution in [0.5, 0.6) is 0 Å². The Kier molecular flexibility index (Phi) is 8.06. The zero-order valence-corrected chi connectivity index (χ0v) is 11.1. The highest BCUT2D eigenvalue weighted by Gasteiger charge is 2.10. The summed E-state index contributed by atoms with van der Waals surface area (Å²) in [6.45, 7) is 6.92. The first-order valence-electron chi connectivity index (χ1n) is 5.99. The zero-order valence-electron chi connectivity index (χ0n) is 10.3. The Morgan fingerprint density at radius 3 is 2.27 bits per heavy atom. The van der Waals surface area contributed by atoms with Gasteiger partial charge in [-0.1, -0.05) is 27.2 Å². The Morgan fingerprint density at radius 1 is 1.13 bits per heavy atom. The fourth-order valence-corrected chi connectivity index (χ4v) is 2.57. The summed E-state index contributed by atoms with van der Waals surface area (Å²) in [5.41, 5.74) is 0. The summed E-state index contributed by atoms with van der Waals surface area (Å²) in [6, 6.07) is 0.493. The zero-order chi connectivity index (χ0) is 11.7. The van der Waals surface area contributed by atoms with Gasteiger partial charge in [0.15, 0.2) is 0 Å². The average molecular weight is 235 g/mol. The second-order valence-electron chi connectivity index (χ2n) is 3.92. The van der Waals surface area contributed by atoms with Crippen molar-refractivity contribution in [2.45, 2.75) is 52.5 Å². The average Bonchev–Trinajstić information content (AvgIpc) is 2.18. The van der Waals surface area contributed by atoms with Crippen LogP contribution in [-0.4, -0.2) is 32.5 Å². The maximum absolute atomic E-state index is 11.3. The molecule has 0 aliphatic carbocycles. The van der Waals surface area contributed by atoms with Crippen LogP contribution in [0.2, 0.25) is 0 Å². The Balaban J connectivity index is 3.79. The van der Waals surface area contributed by atoms with E-state index >= 15 is 0 Å². The first-order valence-corrected chi connectivity index (χ1v) is 7.81. The molecule has 0 aliphatic heterocycles. The number of nitrogens with one attached hydrogen (secondary N) is 1. The van der Waals surface area contributed by atoms with E-state index in [-0.39, 0.29) is 5.75 Å². The molecule has 0 aromatic heterocycles. The van der Waals surface area contributed by atoms with Crippen LogP contribution in [-0.2, 0) is 9.84 Å². The monoisotopic (exact) mass is 235 g/mol. The van der Waals surface area contributed by atoms with Gasteiger partial charge in [-0.15, -0.1) is 0 Å². The standard InChI is InChI=1S/C11H25NO2S/c1-4-8-11(12-5-2)9-7-10-15(13,14)6-3/h11-12H,4-10H2,1-3H3. The highest BCUT2D eigenvalue weighted by molar-refractivity contribution is 7.91. The van der Waals surface area contributed by atoms with Crippen molar-refractivity contribution >= 4 is 9.84 Å². The van der Waals surface area contributed by atoms with Gasteiger partial charge in [0.1, 0.15) is 9.84 Å². The first-order chi connectivity index (χ1) is 7.05. The summed E-state index contributed by atoms with van der Waals surface area (Å²) in [5.74, 6) is 0.613. The van der Waals surface area contributed by atoms with Gasteiger partial charge in [0.2, 0.25) is 0 Å². The summed E-state index contributed by atoms with van der Waals surface area (Å²) in [7, 11) is -2.77. The van der Waals surface area contributed by atoms with Crippen LogP contribution in [0.15, 0.2) is 0 Å². The molecule has 0 saturated heterocycles. The molecule has 0 aromatic carbocycles. The molecule has 0 radical (unpaired) electrons. The Labute approximate surface area is 94.6 Å². The van der Waals surface area contributed by atoms with Crippen LogP contribution < -0.4 is 5.32 Å². The lowest BCUT2D eigenvalue weighted by atomic mass is 10.1. The lowest BCUT2D eigenvalue weighted by Crippen LogP contribution is -2.29. The van der Waals surface area contributed by atoms with Gasteiger partial charge in [0.05, 0.1) is 5.75 Å². The van der Waals surface area contributed by atoms with Gasteiger partial charge in [0, 0.05) is 11.8 Å². The van der Waals surface area contributed by atoms with E-state index < -0.39 is 9.84 Å². The van der Waals surface area contributed by atoms with Crippen molar-refractivity contribution in [2.75, 3.05) is 18.1 Å². The fraction of sp³-hybridized carbons (Fsp3) is 1.00. The molecule has 0 bridgehead atoms. The van der Waals surface area contributed by atoms with Crippen LogP contribution >= 0.6 is 0 Å². The quantitative estimate of drug-likeness (QED) is 0.664. The summed E-state index contributed by atoms with van der Waals surface area (Å²) < 4.78 is 22.6. The number of hydrogen-bond acceptors (Lipinski definition) is 3. The van der Waals surface area contributed by atoms with Gasteiger partial charge in [-0.25, -0.2) is 8.42 Å². The van der Waals surface area contributed by atoms with Gasteiger partial charge in [-0.2, -0.15) is 0 Å². The van der Waals surface area contributed by atoms with Crippen LogP contribution in [0.25, 0.3) is 0 Å². The van der Waals surface area contributed by atoms with E-state index in [4.69, 9.17) is 0 Å². The third-order valence-corrected chi connectivity index (χ3v) is 4.37. The Hall–Kier alpha value is -0.0900. The normalized spacial score (nSPS) is 14.1. The Bertz CT molecular complexity index is 231. The van der Waals surface area contributed by atoms with E-state index in [1.807, 2.05) is 0 Å². The molecule has 15 heavy (non-hydrogen) atoms. The minimum absolute atomic E-state index is 0.270. The molecule has 0 heterocycles. The molecule has 1 atom stereocenters. The molecule has 92 valence electrons. The largest absolute Gasteiger partial charge is 0.314 e. The maximum Gasteiger partial charge on any atom is 0.150 e. The van der Waals surface area contributed by atoms with E-state index in [1.54, 1.807) is 6.92 Å². The maximum atomic E-state index is 11.3. The third kappa shape index (κ3) is 7.79. The second-order valence-corrected chi connectivity index (χ2v) is 6.39. The van der Waals surface area contributed by atoms with Crippen molar-refractivity contribution in [3.05, 3.63) is 0 Å². The predicted molar refractivity (Wildman–Crippen MR) is 65.9 cm³/mol. The fourth-order valence-electron chi connectivity index (χ4n) is 1.68. The summed E-state index contributed by atoms with van der Waals surface area (Å²) >= 11 is 0. The summed E-state index contributed by atoms with van der Waals surface area (Å²) in [5, 5.41) is 3.39. The number of rotatable bonds is 9. The highest BCUT2D eigenvalue weighted by atomic mass is 32.2. The van der Waals surface area contributed by atoms with Crippen molar-refractivity contribution in [3.8, 4) is 0 Å². The van der Waals surface area contributed by atoms with Gasteiger partial charge < -0.3 is 5.32 Å². The molecule has 3 nitrogen and oxygen atoms in total. The van der Waals surface area contributed by atoms with E-state index in [2.05, 4.69) is 19.2 Å². The molecule has 0 spiro atoms. The van der Waals surface area contributed by atoms with Crippen molar-refractivity contribution in [2.24, 2.45) is 0 Å². The van der Waals surface area contributed by atoms with Gasteiger partial charge >= 0.3 is 0 Å². The van der Waals surface area contributed by atoms with Crippen molar-refractivity contribution in [1.82, 2.24) is 5.32 Å². The van der Waals surface area contributed by atoms with Crippen molar-refractivity contribution in [3.63, 3.8) is 0 Å². The molecular weight excluding hydrogens is 210 g/mol. The highest BCUT2D eigenvalue weighted by Crippen LogP contribution is 2.06. The molecule has 0 aliphatic rings. The minimum atomic E-state index is -2.77. The first kappa shape index (κ1) is 14.9. The molecular formula is C11H25NO2S. The lowest BCUT2D eigenvalue weighted by molar-refractivity contribution is 0.454. The molecule has 0 amide bonds. The SMILES string of the molecule is CCCC(CCCS(=O)(=O)CC)NCC. The molecule has 1 unspecified atom stereocenters. The van der Waals surface area contributed by atoms with E-state index in [0.29, 0.717) is 11.8 Å². The van der Waals surface area contributed by atoms with Crippen LogP contribution in [0.4, 0.5) is 0 Å². The molecule has 0 rings (SSSR count).